The number of nitrogens with one attached hydrogen (secondary N) is 2. The van der Waals surface area contributed by atoms with Crippen LogP contribution in [-0.2, 0) is 10.2 Å². The lowest BCUT2D eigenvalue weighted by Crippen LogP contribution is -2.52. The van der Waals surface area contributed by atoms with Crippen molar-refractivity contribution in [2.75, 3.05) is 53.4 Å². The Labute approximate surface area is 169 Å². The number of carbonyl (C=O) groups is 1. The molecular formula is C22H36N4O2. The third-order valence-electron chi connectivity index (χ3n) is 6.70. The topological polar surface area (TPSA) is 67.8 Å². The fourth-order valence-corrected chi connectivity index (χ4v) is 4.80. The van der Waals surface area contributed by atoms with E-state index in [-0.39, 0.29) is 23.5 Å². The molecule has 6 heteroatoms. The molecule has 28 heavy (non-hydrogen) atoms. The van der Waals surface area contributed by atoms with Crippen LogP contribution in [0.2, 0.25) is 0 Å². The summed E-state index contributed by atoms with van der Waals surface area (Å²) < 4.78 is 0. The quantitative estimate of drug-likeness (QED) is 0.630. The molecule has 1 aliphatic carbocycles. The maximum atomic E-state index is 11.7. The summed E-state index contributed by atoms with van der Waals surface area (Å²) in [6.07, 6.45) is 3.46. The van der Waals surface area contributed by atoms with Gasteiger partial charge in [-0.1, -0.05) is 30.3 Å². The van der Waals surface area contributed by atoms with Gasteiger partial charge in [-0.3, -0.25) is 9.69 Å². The Balaban J connectivity index is 1.74. The summed E-state index contributed by atoms with van der Waals surface area (Å²) in [6.45, 7) is 5.29. The van der Waals surface area contributed by atoms with Crippen molar-refractivity contribution in [3.8, 4) is 0 Å². The Morgan fingerprint density at radius 1 is 1.14 bits per heavy atom. The molecule has 2 fully saturated rings. The van der Waals surface area contributed by atoms with Gasteiger partial charge in [-0.05, 0) is 38.3 Å². The van der Waals surface area contributed by atoms with Crippen molar-refractivity contribution in [3.05, 3.63) is 35.9 Å². The molecule has 156 valence electrons. The molecule has 1 aliphatic heterocycles. The van der Waals surface area contributed by atoms with Gasteiger partial charge in [0.15, 0.2) is 0 Å². The molecule has 1 saturated carbocycles. The SMILES string of the molecule is CNC(=O)CNC[C@@]1(c2ccccc2)CC[C@H](O)[C@@H](N2CCN(C)CC2)CC1. The molecule has 1 aromatic carbocycles. The minimum atomic E-state index is -0.284. The lowest BCUT2D eigenvalue weighted by Gasteiger charge is -2.39. The van der Waals surface area contributed by atoms with Gasteiger partial charge >= 0.3 is 0 Å². The Hall–Kier alpha value is -1.47. The first kappa shape index (κ1) is 21.2. The molecule has 3 atom stereocenters. The van der Waals surface area contributed by atoms with Crippen LogP contribution in [0.15, 0.2) is 30.3 Å². The van der Waals surface area contributed by atoms with E-state index in [0.29, 0.717) is 6.54 Å². The largest absolute Gasteiger partial charge is 0.391 e. The van der Waals surface area contributed by atoms with Gasteiger partial charge in [-0.15, -0.1) is 0 Å². The number of rotatable bonds is 6. The monoisotopic (exact) mass is 388 g/mol. The molecule has 6 nitrogen and oxygen atoms in total. The molecule has 2 aliphatic rings. The van der Waals surface area contributed by atoms with E-state index in [1.165, 1.54) is 5.56 Å². The van der Waals surface area contributed by atoms with Crippen molar-refractivity contribution in [1.82, 2.24) is 20.4 Å². The van der Waals surface area contributed by atoms with Crippen molar-refractivity contribution in [3.63, 3.8) is 0 Å². The predicted octanol–water partition coefficient (Wildman–Crippen LogP) is 0.811. The minimum absolute atomic E-state index is 0.00665. The second-order valence-electron chi connectivity index (χ2n) is 8.47. The second-order valence-corrected chi connectivity index (χ2v) is 8.47. The predicted molar refractivity (Wildman–Crippen MR) is 112 cm³/mol. The first-order valence-corrected chi connectivity index (χ1v) is 10.6. The highest BCUT2D eigenvalue weighted by atomic mass is 16.3. The van der Waals surface area contributed by atoms with E-state index in [1.807, 2.05) is 6.07 Å². The minimum Gasteiger partial charge on any atom is -0.391 e. The van der Waals surface area contributed by atoms with Gasteiger partial charge in [0.25, 0.3) is 0 Å². The third kappa shape index (κ3) is 5.11. The normalized spacial score (nSPS) is 30.0. The fraction of sp³-hybridized carbons (Fsp3) is 0.682. The van der Waals surface area contributed by atoms with Crippen LogP contribution in [0.4, 0.5) is 0 Å². The summed E-state index contributed by atoms with van der Waals surface area (Å²) in [7, 11) is 3.83. The third-order valence-corrected chi connectivity index (χ3v) is 6.70. The number of likely N-dealkylation sites (N-methyl/N-ethyl adjacent to an activating group) is 2. The number of benzene rings is 1. The molecule has 3 N–H and O–H groups in total. The summed E-state index contributed by atoms with van der Waals surface area (Å²) in [6, 6.07) is 10.9. The maximum absolute atomic E-state index is 11.7. The van der Waals surface area contributed by atoms with Gasteiger partial charge in [-0.2, -0.15) is 0 Å². The van der Waals surface area contributed by atoms with E-state index in [2.05, 4.69) is 51.7 Å². The molecule has 1 amide bonds. The molecule has 0 spiro atoms. The molecule has 1 saturated heterocycles. The van der Waals surface area contributed by atoms with Crippen LogP contribution >= 0.6 is 0 Å². The molecule has 0 radical (unpaired) electrons. The van der Waals surface area contributed by atoms with Gasteiger partial charge in [-0.25, -0.2) is 0 Å². The van der Waals surface area contributed by atoms with Crippen molar-refractivity contribution in [1.29, 1.82) is 0 Å². The zero-order valence-corrected chi connectivity index (χ0v) is 17.4. The van der Waals surface area contributed by atoms with Crippen LogP contribution in [0, 0.1) is 0 Å². The van der Waals surface area contributed by atoms with Crippen LogP contribution in [0.25, 0.3) is 0 Å². The van der Waals surface area contributed by atoms with Crippen molar-refractivity contribution < 1.29 is 9.90 Å². The zero-order chi connectivity index (χ0) is 20.0. The number of aliphatic hydroxyl groups excluding tert-OH is 1. The summed E-state index contributed by atoms with van der Waals surface area (Å²) in [4.78, 5) is 16.5. The molecule has 0 bridgehead atoms. The molecular weight excluding hydrogens is 352 g/mol. The summed E-state index contributed by atoms with van der Waals surface area (Å²) >= 11 is 0. The summed E-state index contributed by atoms with van der Waals surface area (Å²) in [5, 5.41) is 17.0. The van der Waals surface area contributed by atoms with E-state index in [9.17, 15) is 9.90 Å². The average molecular weight is 389 g/mol. The van der Waals surface area contributed by atoms with Crippen LogP contribution in [-0.4, -0.2) is 86.3 Å². The van der Waals surface area contributed by atoms with Gasteiger partial charge in [0.2, 0.25) is 5.91 Å². The number of hydrogen-bond acceptors (Lipinski definition) is 5. The maximum Gasteiger partial charge on any atom is 0.233 e. The van der Waals surface area contributed by atoms with E-state index in [1.54, 1.807) is 7.05 Å². The van der Waals surface area contributed by atoms with Crippen LogP contribution < -0.4 is 10.6 Å². The van der Waals surface area contributed by atoms with E-state index >= 15 is 0 Å². The van der Waals surface area contributed by atoms with Crippen LogP contribution in [0.5, 0.6) is 0 Å². The molecule has 0 aromatic heterocycles. The molecule has 0 unspecified atom stereocenters. The van der Waals surface area contributed by atoms with Gasteiger partial charge in [0, 0.05) is 51.2 Å². The highest BCUT2D eigenvalue weighted by molar-refractivity contribution is 5.77. The fourth-order valence-electron chi connectivity index (χ4n) is 4.80. The zero-order valence-electron chi connectivity index (χ0n) is 17.4. The van der Waals surface area contributed by atoms with Crippen molar-refractivity contribution in [2.45, 2.75) is 43.2 Å². The first-order valence-electron chi connectivity index (χ1n) is 10.6. The number of aliphatic hydroxyl groups is 1. The van der Waals surface area contributed by atoms with Crippen molar-refractivity contribution >= 4 is 5.91 Å². The Morgan fingerprint density at radius 3 is 2.50 bits per heavy atom. The summed E-state index contributed by atoms with van der Waals surface area (Å²) in [5.41, 5.74) is 1.27. The van der Waals surface area contributed by atoms with Gasteiger partial charge < -0.3 is 20.6 Å². The van der Waals surface area contributed by atoms with Crippen LogP contribution in [0.1, 0.15) is 31.2 Å². The lowest BCUT2D eigenvalue weighted by atomic mass is 9.74. The first-order chi connectivity index (χ1) is 13.5. The number of piperazine rings is 1. The van der Waals surface area contributed by atoms with E-state index < -0.39 is 0 Å². The molecule has 3 rings (SSSR count). The number of carbonyl (C=O) groups excluding carboxylic acids is 1. The Bertz CT molecular complexity index is 618. The van der Waals surface area contributed by atoms with E-state index in [0.717, 1.165) is 58.4 Å². The number of nitrogens with zero attached hydrogens (tertiary/aromatic N) is 2. The van der Waals surface area contributed by atoms with Crippen LogP contribution in [0.3, 0.4) is 0 Å². The standard InChI is InChI=1S/C22H36N4O2/c1-23-21(28)16-24-17-22(18-6-4-3-5-7-18)10-8-19(20(27)9-11-22)26-14-12-25(2)13-15-26/h3-7,19-20,24,27H,8-17H2,1-2H3,(H,23,28)/t19-,20-,22-/m0/s1. The van der Waals surface area contributed by atoms with Crippen molar-refractivity contribution in [2.24, 2.45) is 0 Å². The number of hydrogen-bond donors (Lipinski definition) is 3. The summed E-state index contributed by atoms with van der Waals surface area (Å²) in [5.74, 6) is 0.00665. The second kappa shape index (κ2) is 9.83. The highest BCUT2D eigenvalue weighted by Gasteiger charge is 2.39. The molecule has 1 aromatic rings. The average Bonchev–Trinajstić information content (AvgIpc) is 2.89. The van der Waals surface area contributed by atoms with E-state index in [4.69, 9.17) is 0 Å². The molecule has 1 heterocycles. The van der Waals surface area contributed by atoms with Gasteiger partial charge in [0.1, 0.15) is 0 Å². The lowest BCUT2D eigenvalue weighted by molar-refractivity contribution is -0.119. The Morgan fingerprint density at radius 2 is 1.82 bits per heavy atom. The highest BCUT2D eigenvalue weighted by Crippen LogP contribution is 2.39. The smallest absolute Gasteiger partial charge is 0.233 e. The Kier molecular flexibility index (Phi) is 7.46. The number of amides is 1. The van der Waals surface area contributed by atoms with Gasteiger partial charge in [0.05, 0.1) is 12.6 Å².